The molecule has 0 spiro atoms. The van der Waals surface area contributed by atoms with Crippen LogP contribution < -0.4 is 4.74 Å². The Morgan fingerprint density at radius 3 is 2.77 bits per heavy atom. The van der Waals surface area contributed by atoms with Gasteiger partial charge in [-0.1, -0.05) is 51.5 Å². The maximum atomic E-state index is 11.5. The Kier molecular flexibility index (Phi) is 6.01. The number of carbonyl (C=O) groups is 1. The van der Waals surface area contributed by atoms with Crippen LogP contribution >= 0.6 is 15.9 Å². The molecule has 0 N–H and O–H groups in total. The summed E-state index contributed by atoms with van der Waals surface area (Å²) in [7, 11) is 0. The SMILES string of the molecule is CCOC(=O)COc1ccc(Br)cc1-c1cn(Cc2ccccc2)nn1. The van der Waals surface area contributed by atoms with Gasteiger partial charge in [-0.2, -0.15) is 0 Å². The van der Waals surface area contributed by atoms with Crippen LogP contribution in [0.4, 0.5) is 0 Å². The first-order chi connectivity index (χ1) is 12.7. The van der Waals surface area contributed by atoms with Crippen LogP contribution in [0.25, 0.3) is 11.3 Å². The summed E-state index contributed by atoms with van der Waals surface area (Å²) in [4.78, 5) is 11.5. The van der Waals surface area contributed by atoms with E-state index < -0.39 is 5.97 Å². The molecule has 0 fully saturated rings. The van der Waals surface area contributed by atoms with E-state index in [4.69, 9.17) is 9.47 Å². The maximum absolute atomic E-state index is 11.5. The molecule has 0 saturated heterocycles. The van der Waals surface area contributed by atoms with Crippen molar-refractivity contribution in [3.63, 3.8) is 0 Å². The summed E-state index contributed by atoms with van der Waals surface area (Å²) in [6.45, 7) is 2.55. The van der Waals surface area contributed by atoms with E-state index in [0.717, 1.165) is 15.6 Å². The first-order valence-corrected chi connectivity index (χ1v) is 8.97. The zero-order valence-electron chi connectivity index (χ0n) is 14.3. The lowest BCUT2D eigenvalue weighted by molar-refractivity contribution is -0.145. The average molecular weight is 416 g/mol. The van der Waals surface area contributed by atoms with Crippen LogP contribution in [0, 0.1) is 0 Å². The van der Waals surface area contributed by atoms with Crippen molar-refractivity contribution >= 4 is 21.9 Å². The molecule has 26 heavy (non-hydrogen) atoms. The predicted octanol–water partition coefficient (Wildman–Crippen LogP) is 3.70. The summed E-state index contributed by atoms with van der Waals surface area (Å²) in [6, 6.07) is 15.5. The van der Waals surface area contributed by atoms with E-state index >= 15 is 0 Å². The second kappa shape index (κ2) is 8.62. The third kappa shape index (κ3) is 4.70. The molecule has 0 saturated carbocycles. The van der Waals surface area contributed by atoms with Gasteiger partial charge in [0.15, 0.2) is 6.61 Å². The second-order valence-electron chi connectivity index (χ2n) is 5.52. The minimum atomic E-state index is -0.408. The van der Waals surface area contributed by atoms with Crippen molar-refractivity contribution in [3.05, 3.63) is 64.8 Å². The highest BCUT2D eigenvalue weighted by Gasteiger charge is 2.13. The van der Waals surface area contributed by atoms with Crippen LogP contribution in [-0.2, 0) is 16.1 Å². The highest BCUT2D eigenvalue weighted by molar-refractivity contribution is 9.10. The largest absolute Gasteiger partial charge is 0.481 e. The molecule has 0 unspecified atom stereocenters. The first-order valence-electron chi connectivity index (χ1n) is 8.18. The van der Waals surface area contributed by atoms with E-state index in [1.165, 1.54) is 0 Å². The molecule has 3 aromatic rings. The molecule has 0 radical (unpaired) electrons. The standard InChI is InChI=1S/C19H18BrN3O3/c1-2-25-19(24)13-26-18-9-8-15(20)10-16(18)17-12-23(22-21-17)11-14-6-4-3-5-7-14/h3-10,12H,2,11,13H2,1H3. The van der Waals surface area contributed by atoms with Crippen LogP contribution in [0.5, 0.6) is 5.75 Å². The molecule has 1 aromatic heterocycles. The van der Waals surface area contributed by atoms with Gasteiger partial charge in [0.2, 0.25) is 0 Å². The van der Waals surface area contributed by atoms with Crippen molar-refractivity contribution in [2.45, 2.75) is 13.5 Å². The van der Waals surface area contributed by atoms with Gasteiger partial charge in [0, 0.05) is 10.0 Å². The van der Waals surface area contributed by atoms with Crippen molar-refractivity contribution in [1.82, 2.24) is 15.0 Å². The summed E-state index contributed by atoms with van der Waals surface area (Å²) in [5, 5.41) is 8.43. The fraction of sp³-hybridized carbons (Fsp3) is 0.211. The molecule has 2 aromatic carbocycles. The zero-order chi connectivity index (χ0) is 18.4. The number of benzene rings is 2. The van der Waals surface area contributed by atoms with Crippen molar-refractivity contribution in [2.24, 2.45) is 0 Å². The number of hydrogen-bond donors (Lipinski definition) is 0. The van der Waals surface area contributed by atoms with Gasteiger partial charge < -0.3 is 9.47 Å². The third-order valence-electron chi connectivity index (χ3n) is 3.59. The average Bonchev–Trinajstić information content (AvgIpc) is 3.10. The Labute approximate surface area is 159 Å². The molecule has 0 aliphatic carbocycles. The lowest BCUT2D eigenvalue weighted by Crippen LogP contribution is -2.14. The fourth-order valence-corrected chi connectivity index (χ4v) is 2.80. The van der Waals surface area contributed by atoms with Gasteiger partial charge in [0.05, 0.1) is 19.3 Å². The Morgan fingerprint density at radius 2 is 2.00 bits per heavy atom. The van der Waals surface area contributed by atoms with E-state index in [1.807, 2.05) is 48.7 Å². The molecule has 7 heteroatoms. The highest BCUT2D eigenvalue weighted by Crippen LogP contribution is 2.31. The van der Waals surface area contributed by atoms with Gasteiger partial charge in [-0.25, -0.2) is 9.48 Å². The molecule has 1 heterocycles. The van der Waals surface area contributed by atoms with E-state index in [0.29, 0.717) is 24.6 Å². The molecular formula is C19H18BrN3O3. The molecule has 0 atom stereocenters. The monoisotopic (exact) mass is 415 g/mol. The Hall–Kier alpha value is -2.67. The molecule has 0 amide bonds. The molecule has 3 rings (SSSR count). The van der Waals surface area contributed by atoms with Crippen LogP contribution in [0.3, 0.4) is 0 Å². The Balaban J connectivity index is 1.80. The van der Waals surface area contributed by atoms with Gasteiger partial charge in [-0.05, 0) is 30.7 Å². The van der Waals surface area contributed by atoms with Crippen molar-refractivity contribution < 1.29 is 14.3 Å². The van der Waals surface area contributed by atoms with E-state index in [2.05, 4.69) is 26.2 Å². The van der Waals surface area contributed by atoms with E-state index in [1.54, 1.807) is 17.7 Å². The maximum Gasteiger partial charge on any atom is 0.344 e. The number of carbonyl (C=O) groups excluding carboxylic acids is 1. The number of esters is 1. The lowest BCUT2D eigenvalue weighted by Gasteiger charge is -2.10. The molecule has 134 valence electrons. The number of aromatic nitrogens is 3. The third-order valence-corrected chi connectivity index (χ3v) is 4.09. The fourth-order valence-electron chi connectivity index (χ4n) is 2.44. The normalized spacial score (nSPS) is 10.5. The second-order valence-corrected chi connectivity index (χ2v) is 6.44. The van der Waals surface area contributed by atoms with E-state index in [9.17, 15) is 4.79 Å². The van der Waals surface area contributed by atoms with Gasteiger partial charge in [0.25, 0.3) is 0 Å². The summed E-state index contributed by atoms with van der Waals surface area (Å²) in [6.07, 6.45) is 1.85. The minimum absolute atomic E-state index is 0.152. The molecular weight excluding hydrogens is 398 g/mol. The van der Waals surface area contributed by atoms with E-state index in [-0.39, 0.29) is 6.61 Å². The molecule has 0 bridgehead atoms. The predicted molar refractivity (Wildman–Crippen MR) is 101 cm³/mol. The number of ether oxygens (including phenoxy) is 2. The Morgan fingerprint density at radius 1 is 1.19 bits per heavy atom. The van der Waals surface area contributed by atoms with Crippen LogP contribution in [0.2, 0.25) is 0 Å². The van der Waals surface area contributed by atoms with Gasteiger partial charge in [-0.3, -0.25) is 0 Å². The summed E-state index contributed by atoms with van der Waals surface area (Å²) < 4.78 is 13.2. The topological polar surface area (TPSA) is 66.2 Å². The summed E-state index contributed by atoms with van der Waals surface area (Å²) in [5.74, 6) is 0.141. The number of nitrogens with zero attached hydrogens (tertiary/aromatic N) is 3. The van der Waals surface area contributed by atoms with Crippen LogP contribution in [0.15, 0.2) is 59.2 Å². The van der Waals surface area contributed by atoms with Crippen molar-refractivity contribution in [2.75, 3.05) is 13.2 Å². The van der Waals surface area contributed by atoms with Gasteiger partial charge in [-0.15, -0.1) is 5.10 Å². The number of halogens is 1. The van der Waals surface area contributed by atoms with Gasteiger partial charge >= 0.3 is 5.97 Å². The first kappa shape index (κ1) is 18.1. The number of hydrogen-bond acceptors (Lipinski definition) is 5. The van der Waals surface area contributed by atoms with Crippen molar-refractivity contribution in [1.29, 1.82) is 0 Å². The lowest BCUT2D eigenvalue weighted by atomic mass is 10.1. The van der Waals surface area contributed by atoms with Crippen LogP contribution in [0.1, 0.15) is 12.5 Å². The highest BCUT2D eigenvalue weighted by atomic mass is 79.9. The quantitative estimate of drug-likeness (QED) is 0.550. The zero-order valence-corrected chi connectivity index (χ0v) is 15.8. The molecule has 6 nitrogen and oxygen atoms in total. The summed E-state index contributed by atoms with van der Waals surface area (Å²) in [5.41, 5.74) is 2.56. The molecule has 0 aliphatic heterocycles. The van der Waals surface area contributed by atoms with Crippen LogP contribution in [-0.4, -0.2) is 34.2 Å². The minimum Gasteiger partial charge on any atom is -0.481 e. The number of rotatable bonds is 7. The summed E-state index contributed by atoms with van der Waals surface area (Å²) >= 11 is 3.46. The van der Waals surface area contributed by atoms with Gasteiger partial charge in [0.1, 0.15) is 11.4 Å². The molecule has 0 aliphatic rings. The smallest absolute Gasteiger partial charge is 0.344 e. The van der Waals surface area contributed by atoms with Crippen molar-refractivity contribution in [3.8, 4) is 17.0 Å². The Bertz CT molecular complexity index is 881.